The van der Waals surface area contributed by atoms with Crippen molar-refractivity contribution < 1.29 is 36.6 Å². The largest absolute Gasteiger partial charge is 0.507 e. The first-order chi connectivity index (χ1) is 39.3. The Morgan fingerprint density at radius 3 is 1.98 bits per heavy atom. The first-order valence-electron chi connectivity index (χ1n) is 32.1. The molecule has 0 atom stereocenters. The Bertz CT molecular complexity index is 3830. The van der Waals surface area contributed by atoms with E-state index in [1.165, 1.54) is 16.8 Å². The van der Waals surface area contributed by atoms with Crippen molar-refractivity contribution in [1.29, 1.82) is 0 Å². The van der Waals surface area contributed by atoms with Crippen LogP contribution in [0.3, 0.4) is 0 Å². The van der Waals surface area contributed by atoms with Gasteiger partial charge in [-0.25, -0.2) is 4.98 Å². The summed E-state index contributed by atoms with van der Waals surface area (Å²) in [6.45, 7) is -12.8. The molecule has 0 saturated carbocycles. The number of rotatable bonds is 8. The lowest BCUT2D eigenvalue weighted by molar-refractivity contribution is 0.446. The van der Waals surface area contributed by atoms with Crippen LogP contribution >= 0.6 is 0 Å². The van der Waals surface area contributed by atoms with Gasteiger partial charge in [-0.1, -0.05) is 174 Å². The van der Waals surface area contributed by atoms with Crippen molar-refractivity contribution in [3.05, 3.63) is 168 Å². The number of imidazole rings is 1. The van der Waals surface area contributed by atoms with E-state index in [1.54, 1.807) is 54.6 Å². The molecule has 8 rings (SSSR count). The van der Waals surface area contributed by atoms with E-state index >= 15 is 0 Å². The van der Waals surface area contributed by atoms with E-state index in [4.69, 9.17) is 36.5 Å². The van der Waals surface area contributed by atoms with Crippen molar-refractivity contribution in [2.24, 2.45) is 0 Å². The number of aromatic nitrogens is 3. The molecule has 0 spiro atoms. The Labute approximate surface area is 408 Å². The van der Waals surface area contributed by atoms with Crippen molar-refractivity contribution in [3.63, 3.8) is 0 Å². The summed E-state index contributed by atoms with van der Waals surface area (Å²) in [6, 6.07) is 26.6. The number of hydrogen-bond acceptors (Lipinski definition) is 3. The Hall–Kier alpha value is -6.26. The normalized spacial score (nSPS) is 19.1. The molecule has 0 fully saturated rings. The van der Waals surface area contributed by atoms with Gasteiger partial charge in [-0.05, 0) is 116 Å². The van der Waals surface area contributed by atoms with E-state index in [2.05, 4.69) is 4.98 Å². The van der Waals surface area contributed by atoms with Gasteiger partial charge in [0, 0.05) is 53.1 Å². The van der Waals surface area contributed by atoms with Crippen LogP contribution < -0.4 is 0 Å². The molecule has 1 N–H and O–H groups in total. The monoisotopic (exact) mass is 853 g/mol. The molecular weight excluding hydrogens is 767 g/mol. The summed E-state index contributed by atoms with van der Waals surface area (Å²) in [5.74, 6) is -1.88. The minimum Gasteiger partial charge on any atom is -0.507 e. The van der Waals surface area contributed by atoms with Crippen LogP contribution in [0.25, 0.3) is 72.7 Å². The molecule has 0 aliphatic rings. The molecule has 0 saturated heterocycles. The molecule has 63 heavy (non-hydrogen) atoms. The fourth-order valence-corrected chi connectivity index (χ4v) is 7.77. The average Bonchev–Trinajstić information content (AvgIpc) is 0.827. The smallest absolute Gasteiger partial charge is 0.149 e. The summed E-state index contributed by atoms with van der Waals surface area (Å²) >= 11 is 0. The van der Waals surface area contributed by atoms with Crippen LogP contribution in [0.5, 0.6) is 5.75 Å². The maximum absolute atomic E-state index is 13.1. The SMILES string of the molecule is [2H]c1c([2H])c([2H])c(-c2ccnc(-c3cc(-c4cccc5c4nc(-c4cc(C(C([2H])([2H])[2H])(C([2H])([2H])[2H])C([2H])([2H])[2H])cc(C(C([2H])([2H])[2H])(C([2H])([2H])[2H])C([2H])([2H])[2H])c4O)n5-c4ccc(C(C)(C)CC)cc4-c4ccccc4)cc(C(C)(C)C)c3)c2)c([2H])c1[2H]. The maximum Gasteiger partial charge on any atom is 0.149 e. The van der Waals surface area contributed by atoms with Crippen LogP contribution in [0.15, 0.2) is 146 Å². The molecule has 0 radical (unpaired) electrons. The summed E-state index contributed by atoms with van der Waals surface area (Å²) in [5, 5.41) is 13.1. The molecule has 6 aromatic carbocycles. The van der Waals surface area contributed by atoms with Gasteiger partial charge < -0.3 is 5.11 Å². The summed E-state index contributed by atoms with van der Waals surface area (Å²) < 4.78 is 202. The highest BCUT2D eigenvalue weighted by Crippen LogP contribution is 2.46. The van der Waals surface area contributed by atoms with Gasteiger partial charge in [0.2, 0.25) is 0 Å². The molecular formula is C59H63N3O. The first kappa shape index (κ1) is 23.4. The number of phenolic OH excluding ortho intramolecular Hbond substituents is 1. The fourth-order valence-electron chi connectivity index (χ4n) is 7.77. The number of phenols is 1. The molecule has 8 aromatic rings. The minimum atomic E-state index is -4.19. The van der Waals surface area contributed by atoms with Gasteiger partial charge in [-0.2, -0.15) is 0 Å². The third kappa shape index (κ3) is 8.48. The summed E-state index contributed by atoms with van der Waals surface area (Å²) in [4.78, 5) is 9.85. The van der Waals surface area contributed by atoms with Crippen LogP contribution in [0, 0.1) is 0 Å². The number of nitrogens with zero attached hydrogens (tertiary/aromatic N) is 3. The highest BCUT2D eigenvalue weighted by molar-refractivity contribution is 5.98. The van der Waals surface area contributed by atoms with E-state index in [0.717, 1.165) is 11.1 Å². The number of fused-ring (bicyclic) bond motifs is 1. The topological polar surface area (TPSA) is 50.9 Å². The van der Waals surface area contributed by atoms with Gasteiger partial charge in [0.25, 0.3) is 0 Å². The van der Waals surface area contributed by atoms with Gasteiger partial charge in [0.15, 0.2) is 0 Å². The maximum atomic E-state index is 13.1. The lowest BCUT2D eigenvalue weighted by Gasteiger charge is -2.28. The zero-order valence-corrected chi connectivity index (χ0v) is 36.0. The highest BCUT2D eigenvalue weighted by atomic mass is 16.3. The lowest BCUT2D eigenvalue weighted by Crippen LogP contribution is -2.17. The Morgan fingerprint density at radius 1 is 0.587 bits per heavy atom. The molecule has 0 amide bonds. The van der Waals surface area contributed by atoms with Gasteiger partial charge >= 0.3 is 0 Å². The van der Waals surface area contributed by atoms with Gasteiger partial charge in [0.1, 0.15) is 11.6 Å². The number of para-hydroxylation sites is 1. The van der Waals surface area contributed by atoms with E-state index in [-0.39, 0.29) is 33.9 Å². The van der Waals surface area contributed by atoms with Gasteiger partial charge in [-0.3, -0.25) is 9.55 Å². The van der Waals surface area contributed by atoms with E-state index in [0.29, 0.717) is 46.0 Å². The summed E-state index contributed by atoms with van der Waals surface area (Å²) in [5.41, 5.74) is -7.79. The first-order valence-corrected chi connectivity index (χ1v) is 20.6. The average molecular weight is 853 g/mol. The zero-order chi connectivity index (χ0) is 64.4. The third-order valence-electron chi connectivity index (χ3n) is 11.8. The van der Waals surface area contributed by atoms with Crippen molar-refractivity contribution in [2.45, 2.75) is 111 Å². The van der Waals surface area contributed by atoms with Crippen LogP contribution in [-0.4, -0.2) is 19.6 Å². The Kier molecular flexibility index (Phi) is 6.00. The molecule has 4 heteroatoms. The number of hydrogen-bond donors (Lipinski definition) is 1. The molecule has 0 unspecified atom stereocenters. The van der Waals surface area contributed by atoms with Gasteiger partial charge in [0.05, 0.1) is 34.8 Å². The molecule has 320 valence electrons. The highest BCUT2D eigenvalue weighted by Gasteiger charge is 2.30. The predicted octanol–water partition coefficient (Wildman–Crippen LogP) is 16.0. The summed E-state index contributed by atoms with van der Waals surface area (Å²) in [7, 11) is 0. The number of benzene rings is 6. The molecule has 2 heterocycles. The third-order valence-corrected chi connectivity index (χ3v) is 11.8. The van der Waals surface area contributed by atoms with Gasteiger partial charge in [-0.15, -0.1) is 0 Å². The standard InChI is InChI=1S/C59H63N3O/c1-13-59(11,12)43-27-28-51(47(35-43)39-23-18-15-19-24-39)62-52-26-20-25-46(53(52)61-55(62)48-36-45(57(5,6)7)37-49(54(48)63)58(8,9)10)41-31-42(33-44(32-41)56(2,3)4)50-34-40(29-30-60-50)38-21-16-14-17-22-38/h14-37,63H,13H2,1-12H3/i5D3,6D3,7D3,8D3,9D3,10D3,14D,16D,17D,21D,22D. The molecule has 4 nitrogen and oxygen atoms in total. The second-order valence-corrected chi connectivity index (χ2v) is 17.7. The molecule has 0 aliphatic carbocycles. The fraction of sp³-hybridized carbons (Fsp3) is 0.288. The van der Waals surface area contributed by atoms with Crippen LogP contribution in [0.1, 0.15) is 143 Å². The van der Waals surface area contributed by atoms with Crippen LogP contribution in [0.2, 0.25) is 0 Å². The lowest BCUT2D eigenvalue weighted by atomic mass is 9.78. The predicted molar refractivity (Wildman–Crippen MR) is 267 cm³/mol. The van der Waals surface area contributed by atoms with Crippen molar-refractivity contribution >= 4 is 11.0 Å². The van der Waals surface area contributed by atoms with Crippen molar-refractivity contribution in [1.82, 2.24) is 14.5 Å². The molecule has 0 bridgehead atoms. The summed E-state index contributed by atoms with van der Waals surface area (Å²) in [6.07, 6.45) is 2.11. The number of pyridine rings is 1. The molecule has 2 aromatic heterocycles. The van der Waals surface area contributed by atoms with E-state index in [9.17, 15) is 5.11 Å². The van der Waals surface area contributed by atoms with Crippen molar-refractivity contribution in [2.75, 3.05) is 0 Å². The van der Waals surface area contributed by atoms with E-state index in [1.807, 2.05) is 77.9 Å². The minimum absolute atomic E-state index is 0.0611. The Balaban J connectivity index is 1.62. The Morgan fingerprint density at radius 2 is 1.29 bits per heavy atom. The van der Waals surface area contributed by atoms with Crippen LogP contribution in [-0.2, 0) is 21.7 Å². The van der Waals surface area contributed by atoms with Crippen LogP contribution in [0.4, 0.5) is 0 Å². The molecule has 0 aliphatic heterocycles. The second-order valence-electron chi connectivity index (χ2n) is 17.7. The van der Waals surface area contributed by atoms with Crippen molar-refractivity contribution in [3.8, 4) is 67.5 Å². The quantitative estimate of drug-likeness (QED) is 0.166. The zero-order valence-electron chi connectivity index (χ0n) is 59.0. The second kappa shape index (κ2) is 16.1. The van der Waals surface area contributed by atoms with E-state index < -0.39 is 121 Å². The number of aromatic hydroxyl groups is 1.